The molecule has 2 aromatic heterocycles. The molecular formula is C22H23F2N5O3. The highest BCUT2D eigenvalue weighted by Crippen LogP contribution is 2.33. The Labute approximate surface area is 183 Å². The van der Waals surface area contributed by atoms with Gasteiger partial charge in [-0.15, -0.1) is 0 Å². The standard InChI is InChI=1S/C22H23F2N5O3/c1-4-32-22(31)14-12-25-20-17(13(2)26-27(20)3)19(14)28-8-10-29(11-9-28)21(30)18-15(23)6-5-7-16(18)24/h5-7,12H,4,8-11H2,1-3H3. The minimum Gasteiger partial charge on any atom is -0.462 e. The first-order chi connectivity index (χ1) is 15.3. The van der Waals surface area contributed by atoms with Gasteiger partial charge in [0.05, 0.1) is 23.4 Å². The molecule has 1 fully saturated rings. The van der Waals surface area contributed by atoms with Crippen LogP contribution in [0.5, 0.6) is 0 Å². The van der Waals surface area contributed by atoms with Gasteiger partial charge in [0.25, 0.3) is 5.91 Å². The Morgan fingerprint density at radius 2 is 1.78 bits per heavy atom. The summed E-state index contributed by atoms with van der Waals surface area (Å²) in [6, 6.07) is 3.36. The van der Waals surface area contributed by atoms with Gasteiger partial charge in [0.15, 0.2) is 5.65 Å². The quantitative estimate of drug-likeness (QED) is 0.577. The van der Waals surface area contributed by atoms with E-state index < -0.39 is 29.1 Å². The predicted octanol–water partition coefficient (Wildman–Crippen LogP) is 2.69. The molecule has 1 saturated heterocycles. The van der Waals surface area contributed by atoms with Crippen molar-refractivity contribution in [2.45, 2.75) is 13.8 Å². The van der Waals surface area contributed by atoms with Crippen LogP contribution in [0.1, 0.15) is 33.3 Å². The Morgan fingerprint density at radius 3 is 2.41 bits per heavy atom. The van der Waals surface area contributed by atoms with Gasteiger partial charge in [-0.05, 0) is 26.0 Å². The number of anilines is 1. The lowest BCUT2D eigenvalue weighted by Crippen LogP contribution is -2.49. The fraction of sp³-hybridized carbons (Fsp3) is 0.364. The molecule has 10 heteroatoms. The van der Waals surface area contributed by atoms with Gasteiger partial charge in [0.2, 0.25) is 0 Å². The van der Waals surface area contributed by atoms with Gasteiger partial charge in [0.1, 0.15) is 22.8 Å². The molecule has 1 aliphatic rings. The number of ether oxygens (including phenoxy) is 1. The van der Waals surface area contributed by atoms with Gasteiger partial charge in [-0.25, -0.2) is 18.6 Å². The molecule has 168 valence electrons. The van der Waals surface area contributed by atoms with Crippen molar-refractivity contribution in [3.8, 4) is 0 Å². The van der Waals surface area contributed by atoms with Crippen LogP contribution in [-0.4, -0.2) is 64.3 Å². The molecule has 1 aromatic carbocycles. The van der Waals surface area contributed by atoms with Gasteiger partial charge >= 0.3 is 5.97 Å². The minimum atomic E-state index is -0.885. The normalized spacial score (nSPS) is 14.2. The molecule has 0 bridgehead atoms. The van der Waals surface area contributed by atoms with E-state index in [0.717, 1.165) is 17.5 Å². The Morgan fingerprint density at radius 1 is 1.12 bits per heavy atom. The second-order valence-electron chi connectivity index (χ2n) is 7.52. The second-order valence-corrected chi connectivity index (χ2v) is 7.52. The Bertz CT molecular complexity index is 1180. The zero-order valence-electron chi connectivity index (χ0n) is 18.1. The lowest BCUT2D eigenvalue weighted by atomic mass is 10.1. The molecule has 0 N–H and O–H groups in total. The Hall–Kier alpha value is -3.56. The molecule has 0 unspecified atom stereocenters. The number of halogens is 2. The second kappa shape index (κ2) is 8.52. The highest BCUT2D eigenvalue weighted by Gasteiger charge is 2.30. The van der Waals surface area contributed by atoms with Gasteiger partial charge in [-0.3, -0.25) is 9.48 Å². The van der Waals surface area contributed by atoms with Crippen LogP contribution in [0.15, 0.2) is 24.4 Å². The molecule has 0 aliphatic carbocycles. The topological polar surface area (TPSA) is 80.6 Å². The highest BCUT2D eigenvalue weighted by atomic mass is 19.1. The molecule has 0 spiro atoms. The van der Waals surface area contributed by atoms with Crippen LogP contribution in [0, 0.1) is 18.6 Å². The van der Waals surface area contributed by atoms with E-state index in [1.165, 1.54) is 17.2 Å². The fourth-order valence-electron chi connectivity index (χ4n) is 4.07. The van der Waals surface area contributed by atoms with E-state index in [0.29, 0.717) is 35.7 Å². The van der Waals surface area contributed by atoms with Crippen LogP contribution in [0.3, 0.4) is 0 Å². The van der Waals surface area contributed by atoms with Gasteiger partial charge in [-0.1, -0.05) is 6.07 Å². The summed E-state index contributed by atoms with van der Waals surface area (Å²) in [7, 11) is 1.77. The van der Waals surface area contributed by atoms with E-state index in [4.69, 9.17) is 4.74 Å². The molecule has 4 rings (SSSR count). The fourth-order valence-corrected chi connectivity index (χ4v) is 4.07. The molecular weight excluding hydrogens is 420 g/mol. The molecule has 1 aliphatic heterocycles. The van der Waals surface area contributed by atoms with Crippen molar-refractivity contribution in [1.82, 2.24) is 19.7 Å². The summed E-state index contributed by atoms with van der Waals surface area (Å²) in [6.45, 7) is 4.98. The summed E-state index contributed by atoms with van der Waals surface area (Å²) in [5, 5.41) is 5.16. The third kappa shape index (κ3) is 3.65. The first-order valence-electron chi connectivity index (χ1n) is 10.3. The maximum atomic E-state index is 14.1. The van der Waals surface area contributed by atoms with Gasteiger partial charge < -0.3 is 14.5 Å². The number of rotatable bonds is 4. The maximum absolute atomic E-state index is 14.1. The molecule has 0 radical (unpaired) electrons. The van der Waals surface area contributed by atoms with Gasteiger partial charge in [0, 0.05) is 39.4 Å². The monoisotopic (exact) mass is 443 g/mol. The third-order valence-electron chi connectivity index (χ3n) is 5.55. The number of amides is 1. The first-order valence-corrected chi connectivity index (χ1v) is 10.3. The molecule has 1 amide bonds. The smallest absolute Gasteiger partial charge is 0.341 e. The number of fused-ring (bicyclic) bond motifs is 1. The molecule has 8 nitrogen and oxygen atoms in total. The number of carbonyl (C=O) groups is 2. The summed E-state index contributed by atoms with van der Waals surface area (Å²) in [5.74, 6) is -2.96. The Balaban J connectivity index is 1.66. The number of benzene rings is 1. The van der Waals surface area contributed by atoms with Crippen molar-refractivity contribution in [3.05, 3.63) is 52.9 Å². The van der Waals surface area contributed by atoms with Crippen LogP contribution in [0.2, 0.25) is 0 Å². The zero-order chi connectivity index (χ0) is 23.0. The molecule has 0 atom stereocenters. The molecule has 0 saturated carbocycles. The summed E-state index contributed by atoms with van der Waals surface area (Å²) in [6.07, 6.45) is 1.48. The summed E-state index contributed by atoms with van der Waals surface area (Å²) in [5.41, 5.74) is 1.74. The van der Waals surface area contributed by atoms with E-state index in [9.17, 15) is 18.4 Å². The summed E-state index contributed by atoms with van der Waals surface area (Å²) >= 11 is 0. The average Bonchev–Trinajstić information content (AvgIpc) is 3.07. The van der Waals surface area contributed by atoms with Crippen LogP contribution >= 0.6 is 0 Å². The van der Waals surface area contributed by atoms with Gasteiger partial charge in [-0.2, -0.15) is 5.10 Å². The number of nitrogens with zero attached hydrogens (tertiary/aromatic N) is 5. The number of esters is 1. The maximum Gasteiger partial charge on any atom is 0.341 e. The van der Waals surface area contributed by atoms with Crippen LogP contribution in [0.4, 0.5) is 14.5 Å². The van der Waals surface area contributed by atoms with Crippen molar-refractivity contribution in [2.24, 2.45) is 7.05 Å². The number of hydrogen-bond donors (Lipinski definition) is 0. The number of piperazine rings is 1. The van der Waals surface area contributed by atoms with Crippen molar-refractivity contribution >= 4 is 28.6 Å². The van der Waals surface area contributed by atoms with E-state index in [1.54, 1.807) is 18.7 Å². The van der Waals surface area contributed by atoms with Crippen molar-refractivity contribution < 1.29 is 23.1 Å². The minimum absolute atomic E-state index is 0.221. The molecule has 32 heavy (non-hydrogen) atoms. The average molecular weight is 443 g/mol. The SMILES string of the molecule is CCOC(=O)c1cnc2c(c(C)nn2C)c1N1CCN(C(=O)c2c(F)cccc2F)CC1. The number of hydrogen-bond acceptors (Lipinski definition) is 6. The number of pyridine rings is 1. The van der Waals surface area contributed by atoms with Crippen LogP contribution in [-0.2, 0) is 11.8 Å². The number of aryl methyl sites for hydroxylation is 2. The van der Waals surface area contributed by atoms with Crippen LogP contribution < -0.4 is 4.90 Å². The largest absolute Gasteiger partial charge is 0.462 e. The third-order valence-corrected chi connectivity index (χ3v) is 5.55. The van der Waals surface area contributed by atoms with E-state index in [1.807, 2.05) is 11.8 Å². The lowest BCUT2D eigenvalue weighted by molar-refractivity contribution is 0.0525. The Kier molecular flexibility index (Phi) is 5.77. The highest BCUT2D eigenvalue weighted by molar-refractivity contribution is 6.05. The molecule has 3 aromatic rings. The number of aromatic nitrogens is 3. The first kappa shape index (κ1) is 21.7. The predicted molar refractivity (Wildman–Crippen MR) is 114 cm³/mol. The lowest BCUT2D eigenvalue weighted by Gasteiger charge is -2.37. The van der Waals surface area contributed by atoms with Crippen molar-refractivity contribution in [1.29, 1.82) is 0 Å². The van der Waals surface area contributed by atoms with Crippen molar-refractivity contribution in [3.63, 3.8) is 0 Å². The van der Waals surface area contributed by atoms with E-state index >= 15 is 0 Å². The summed E-state index contributed by atoms with van der Waals surface area (Å²) < 4.78 is 35.0. The van der Waals surface area contributed by atoms with Crippen LogP contribution in [0.25, 0.3) is 11.0 Å². The number of carbonyl (C=O) groups excluding carboxylic acids is 2. The van der Waals surface area contributed by atoms with E-state index in [-0.39, 0.29) is 19.7 Å². The summed E-state index contributed by atoms with van der Waals surface area (Å²) in [4.78, 5) is 33.1. The zero-order valence-corrected chi connectivity index (χ0v) is 18.1. The van der Waals surface area contributed by atoms with E-state index in [2.05, 4.69) is 10.1 Å². The molecule has 3 heterocycles. The van der Waals surface area contributed by atoms with Crippen molar-refractivity contribution in [2.75, 3.05) is 37.7 Å².